The van der Waals surface area contributed by atoms with Crippen molar-refractivity contribution in [2.45, 2.75) is 19.0 Å². The van der Waals surface area contributed by atoms with Gasteiger partial charge in [0, 0.05) is 47.6 Å². The van der Waals surface area contributed by atoms with Gasteiger partial charge in [0.05, 0.1) is 42.2 Å². The van der Waals surface area contributed by atoms with E-state index in [0.717, 1.165) is 30.8 Å². The summed E-state index contributed by atoms with van der Waals surface area (Å²) in [6.07, 6.45) is 1.13. The van der Waals surface area contributed by atoms with Crippen molar-refractivity contribution >= 4 is 40.6 Å². The molecule has 1 saturated heterocycles. The Labute approximate surface area is 232 Å². The largest absolute Gasteiger partial charge is 0.495 e. The molecule has 2 aromatic carbocycles. The van der Waals surface area contributed by atoms with Crippen molar-refractivity contribution in [3.05, 3.63) is 69.3 Å². The SMILES string of the molecule is COc1cc(OC)c(Cl)c(-c2ccc3c(n2)CN=C3NC(=O)c2ccc(N3CCC(N(C)C)C3)cc2)c1Cl. The Hall–Kier alpha value is -3.33. The van der Waals surface area contributed by atoms with E-state index in [0.29, 0.717) is 62.5 Å². The minimum atomic E-state index is -0.219. The summed E-state index contributed by atoms with van der Waals surface area (Å²) in [5.41, 5.74) is 4.24. The van der Waals surface area contributed by atoms with Crippen molar-refractivity contribution < 1.29 is 14.3 Å². The third-order valence-electron chi connectivity index (χ3n) is 7.07. The van der Waals surface area contributed by atoms with Crippen LogP contribution in [0.25, 0.3) is 11.3 Å². The number of nitrogens with one attached hydrogen (secondary N) is 1. The maximum absolute atomic E-state index is 13.0. The molecule has 1 atom stereocenters. The fourth-order valence-corrected chi connectivity index (χ4v) is 5.53. The van der Waals surface area contributed by atoms with Gasteiger partial charge in [-0.3, -0.25) is 9.79 Å². The Kier molecular flexibility index (Phi) is 7.47. The molecule has 0 saturated carbocycles. The first-order valence-corrected chi connectivity index (χ1v) is 13.0. The summed E-state index contributed by atoms with van der Waals surface area (Å²) in [5.74, 6) is 1.13. The summed E-state index contributed by atoms with van der Waals surface area (Å²) < 4.78 is 10.8. The molecule has 38 heavy (non-hydrogen) atoms. The van der Waals surface area contributed by atoms with Crippen LogP contribution in [0.4, 0.5) is 5.69 Å². The number of nitrogens with zero attached hydrogens (tertiary/aromatic N) is 4. The maximum Gasteiger partial charge on any atom is 0.256 e. The van der Waals surface area contributed by atoms with Gasteiger partial charge in [-0.2, -0.15) is 0 Å². The molecule has 1 N–H and O–H groups in total. The van der Waals surface area contributed by atoms with Crippen LogP contribution in [0, 0.1) is 0 Å². The summed E-state index contributed by atoms with van der Waals surface area (Å²) in [6, 6.07) is 13.5. The van der Waals surface area contributed by atoms with E-state index >= 15 is 0 Å². The minimum Gasteiger partial charge on any atom is -0.495 e. The van der Waals surface area contributed by atoms with Crippen LogP contribution >= 0.6 is 23.2 Å². The number of amides is 1. The number of hydrogen-bond acceptors (Lipinski definition) is 7. The number of anilines is 1. The van der Waals surface area contributed by atoms with Gasteiger partial charge in [-0.05, 0) is 56.9 Å². The number of hydrogen-bond donors (Lipinski definition) is 1. The number of ether oxygens (including phenoxy) is 2. The second-order valence-corrected chi connectivity index (χ2v) is 10.2. The lowest BCUT2D eigenvalue weighted by Gasteiger charge is -2.22. The number of aromatic nitrogens is 1. The fraction of sp³-hybridized carbons (Fsp3) is 0.321. The molecule has 1 unspecified atom stereocenters. The van der Waals surface area contributed by atoms with Gasteiger partial charge in [-0.15, -0.1) is 0 Å². The second-order valence-electron chi connectivity index (χ2n) is 9.49. The summed E-state index contributed by atoms with van der Waals surface area (Å²) in [7, 11) is 7.28. The lowest BCUT2D eigenvalue weighted by Crippen LogP contribution is -2.31. The molecule has 0 aliphatic carbocycles. The number of rotatable bonds is 6. The topological polar surface area (TPSA) is 79.3 Å². The van der Waals surface area contributed by atoms with Crippen molar-refractivity contribution in [1.82, 2.24) is 15.2 Å². The van der Waals surface area contributed by atoms with Gasteiger partial charge in [-0.25, -0.2) is 4.98 Å². The number of halogens is 2. The maximum atomic E-state index is 13.0. The molecule has 3 aromatic rings. The Morgan fingerprint density at radius 2 is 1.74 bits per heavy atom. The zero-order valence-corrected chi connectivity index (χ0v) is 23.2. The van der Waals surface area contributed by atoms with Crippen molar-refractivity contribution in [1.29, 1.82) is 0 Å². The zero-order chi connectivity index (χ0) is 27.0. The number of benzene rings is 2. The third kappa shape index (κ3) is 4.91. The average Bonchev–Trinajstić information content (AvgIpc) is 3.57. The van der Waals surface area contributed by atoms with E-state index in [-0.39, 0.29) is 5.91 Å². The normalized spacial score (nSPS) is 16.4. The molecule has 198 valence electrons. The van der Waals surface area contributed by atoms with E-state index in [1.54, 1.807) is 12.1 Å². The van der Waals surface area contributed by atoms with Gasteiger partial charge >= 0.3 is 0 Å². The third-order valence-corrected chi connectivity index (χ3v) is 7.82. The Bertz CT molecular complexity index is 1380. The summed E-state index contributed by atoms with van der Waals surface area (Å²) in [5, 5.41) is 3.62. The average molecular weight is 554 g/mol. The molecule has 1 amide bonds. The van der Waals surface area contributed by atoms with Crippen LogP contribution in [0.3, 0.4) is 0 Å². The van der Waals surface area contributed by atoms with Crippen LogP contribution in [-0.2, 0) is 6.54 Å². The van der Waals surface area contributed by atoms with Crippen molar-refractivity contribution in [3.63, 3.8) is 0 Å². The predicted molar refractivity (Wildman–Crippen MR) is 151 cm³/mol. The minimum absolute atomic E-state index is 0.219. The van der Waals surface area contributed by atoms with Crippen molar-refractivity contribution in [2.24, 2.45) is 4.99 Å². The Morgan fingerprint density at radius 3 is 2.34 bits per heavy atom. The highest BCUT2D eigenvalue weighted by atomic mass is 35.5. The molecule has 5 rings (SSSR count). The van der Waals surface area contributed by atoms with Gasteiger partial charge in [0.1, 0.15) is 17.3 Å². The van der Waals surface area contributed by atoms with Crippen LogP contribution < -0.4 is 19.7 Å². The summed E-state index contributed by atoms with van der Waals surface area (Å²) in [6.45, 7) is 2.33. The van der Waals surface area contributed by atoms with Crippen LogP contribution in [0.1, 0.15) is 28.0 Å². The molecule has 0 bridgehead atoms. The highest BCUT2D eigenvalue weighted by Gasteiger charge is 2.26. The number of aliphatic imine (C=N–C) groups is 1. The van der Waals surface area contributed by atoms with Crippen LogP contribution in [0.15, 0.2) is 47.5 Å². The predicted octanol–water partition coefficient (Wildman–Crippen LogP) is 4.90. The first kappa shape index (κ1) is 26.3. The van der Waals surface area contributed by atoms with E-state index in [1.165, 1.54) is 14.2 Å². The van der Waals surface area contributed by atoms with E-state index in [4.69, 9.17) is 37.7 Å². The van der Waals surface area contributed by atoms with Gasteiger partial charge in [0.25, 0.3) is 5.91 Å². The molecule has 0 spiro atoms. The zero-order valence-electron chi connectivity index (χ0n) is 21.7. The van der Waals surface area contributed by atoms with E-state index < -0.39 is 0 Å². The number of carbonyl (C=O) groups excluding carboxylic acids is 1. The van der Waals surface area contributed by atoms with E-state index in [2.05, 4.69) is 34.2 Å². The number of pyridine rings is 1. The van der Waals surface area contributed by atoms with Gasteiger partial charge in [-0.1, -0.05) is 23.2 Å². The Morgan fingerprint density at radius 1 is 1.05 bits per heavy atom. The quantitative estimate of drug-likeness (QED) is 0.467. The molecular formula is C28H29Cl2N5O3. The first-order valence-electron chi connectivity index (χ1n) is 12.3. The Balaban J connectivity index is 1.31. The fourth-order valence-electron chi connectivity index (χ4n) is 4.83. The lowest BCUT2D eigenvalue weighted by atomic mass is 10.1. The summed E-state index contributed by atoms with van der Waals surface area (Å²) in [4.78, 5) is 26.9. The van der Waals surface area contributed by atoms with E-state index in [1.807, 2.05) is 30.3 Å². The lowest BCUT2D eigenvalue weighted by molar-refractivity contribution is 0.0977. The van der Waals surface area contributed by atoms with Gasteiger partial charge in [0.15, 0.2) is 0 Å². The number of likely N-dealkylation sites (N-methyl/N-ethyl adjacent to an activating group) is 1. The number of amidine groups is 1. The monoisotopic (exact) mass is 553 g/mol. The molecule has 2 aliphatic heterocycles. The van der Waals surface area contributed by atoms with Crippen LogP contribution in [-0.4, -0.2) is 69.1 Å². The molecular weight excluding hydrogens is 525 g/mol. The van der Waals surface area contributed by atoms with Crippen LogP contribution in [0.5, 0.6) is 11.5 Å². The van der Waals surface area contributed by atoms with Gasteiger partial charge in [0.2, 0.25) is 0 Å². The number of methoxy groups -OCH3 is 2. The van der Waals surface area contributed by atoms with Gasteiger partial charge < -0.3 is 24.6 Å². The molecule has 0 radical (unpaired) electrons. The molecule has 3 heterocycles. The van der Waals surface area contributed by atoms with E-state index in [9.17, 15) is 4.79 Å². The summed E-state index contributed by atoms with van der Waals surface area (Å²) >= 11 is 13.1. The van der Waals surface area contributed by atoms with Crippen LogP contribution in [0.2, 0.25) is 10.0 Å². The standard InChI is InChI=1S/C28H29Cl2N5O3/c1-34(2)18-11-12-35(15-18)17-7-5-16(6-8-17)28(36)33-27-19-9-10-20(32-21(19)14-31-27)24-25(29)22(37-3)13-23(38-4)26(24)30/h5-10,13,18H,11-12,14-15H2,1-4H3,(H,31,33,36). The molecule has 10 heteroatoms. The second kappa shape index (κ2) is 10.8. The smallest absolute Gasteiger partial charge is 0.256 e. The highest BCUT2D eigenvalue weighted by molar-refractivity contribution is 6.41. The molecule has 1 fully saturated rings. The molecule has 8 nitrogen and oxygen atoms in total. The highest BCUT2D eigenvalue weighted by Crippen LogP contribution is 2.45. The molecule has 2 aliphatic rings. The first-order chi connectivity index (χ1) is 18.3. The number of carbonyl (C=O) groups is 1. The number of fused-ring (bicyclic) bond motifs is 1. The van der Waals surface area contributed by atoms with Crippen molar-refractivity contribution in [2.75, 3.05) is 46.3 Å². The van der Waals surface area contributed by atoms with Crippen molar-refractivity contribution in [3.8, 4) is 22.8 Å². The molecule has 1 aromatic heterocycles.